The molecule has 0 aromatic carbocycles. The molecule has 6 heteroatoms. The van der Waals surface area contributed by atoms with Gasteiger partial charge in [-0.1, -0.05) is 0 Å². The molecule has 3 heterocycles. The van der Waals surface area contributed by atoms with Crippen molar-refractivity contribution in [2.45, 2.75) is 38.5 Å². The van der Waals surface area contributed by atoms with Crippen LogP contribution in [-0.2, 0) is 20.7 Å². The maximum atomic E-state index is 12.7. The summed E-state index contributed by atoms with van der Waals surface area (Å²) in [6.07, 6.45) is 5.06. The molecule has 0 aliphatic carbocycles. The smallest absolute Gasteiger partial charge is 0.222 e. The van der Waals surface area contributed by atoms with Crippen molar-refractivity contribution >= 4 is 23.2 Å². The van der Waals surface area contributed by atoms with Crippen LogP contribution in [0.1, 0.15) is 37.7 Å². The molecule has 5 nitrogen and oxygen atoms in total. The number of methoxy groups -OCH3 is 1. The lowest BCUT2D eigenvalue weighted by Crippen LogP contribution is -2.55. The van der Waals surface area contributed by atoms with E-state index in [-0.39, 0.29) is 17.2 Å². The van der Waals surface area contributed by atoms with Crippen molar-refractivity contribution < 1.29 is 14.3 Å². The largest absolute Gasteiger partial charge is 0.383 e. The number of piperidine rings is 2. The fourth-order valence-corrected chi connectivity index (χ4v) is 4.81. The first-order valence-corrected chi connectivity index (χ1v) is 10.1. The van der Waals surface area contributed by atoms with Crippen LogP contribution in [-0.4, -0.2) is 61.5 Å². The van der Waals surface area contributed by atoms with Crippen LogP contribution in [0.3, 0.4) is 0 Å². The molecule has 2 saturated heterocycles. The van der Waals surface area contributed by atoms with Gasteiger partial charge in [0.1, 0.15) is 0 Å². The fraction of sp³-hybridized carbons (Fsp3) is 0.684. The van der Waals surface area contributed by atoms with Gasteiger partial charge < -0.3 is 14.5 Å². The molecule has 1 aromatic rings. The number of hydrogen-bond acceptors (Lipinski definition) is 4. The van der Waals surface area contributed by atoms with E-state index in [1.54, 1.807) is 18.4 Å². The Morgan fingerprint density at radius 3 is 3.00 bits per heavy atom. The fourth-order valence-electron chi connectivity index (χ4n) is 4.11. The summed E-state index contributed by atoms with van der Waals surface area (Å²) in [6, 6.07) is 2.09. The second kappa shape index (κ2) is 8.32. The monoisotopic (exact) mass is 364 g/mol. The average molecular weight is 365 g/mol. The van der Waals surface area contributed by atoms with Crippen molar-refractivity contribution in [1.82, 2.24) is 9.80 Å². The minimum atomic E-state index is 0.0813. The molecule has 1 aromatic heterocycles. The molecule has 1 atom stereocenters. The van der Waals surface area contributed by atoms with E-state index in [0.717, 1.165) is 45.3 Å². The van der Waals surface area contributed by atoms with Gasteiger partial charge in [0.2, 0.25) is 11.8 Å². The van der Waals surface area contributed by atoms with E-state index >= 15 is 0 Å². The Morgan fingerprint density at radius 2 is 2.24 bits per heavy atom. The Bertz CT molecular complexity index is 589. The molecule has 138 valence electrons. The predicted molar refractivity (Wildman–Crippen MR) is 98.6 cm³/mol. The summed E-state index contributed by atoms with van der Waals surface area (Å²) in [7, 11) is 1.67. The molecule has 2 aliphatic rings. The topological polar surface area (TPSA) is 49.9 Å². The van der Waals surface area contributed by atoms with E-state index in [4.69, 9.17) is 4.74 Å². The zero-order valence-corrected chi connectivity index (χ0v) is 15.9. The van der Waals surface area contributed by atoms with Gasteiger partial charge >= 0.3 is 0 Å². The first-order valence-electron chi connectivity index (χ1n) is 9.17. The predicted octanol–water partition coefficient (Wildman–Crippen LogP) is 2.56. The van der Waals surface area contributed by atoms with Gasteiger partial charge in [0.15, 0.2) is 0 Å². The van der Waals surface area contributed by atoms with Gasteiger partial charge in [-0.15, -0.1) is 0 Å². The van der Waals surface area contributed by atoms with Gasteiger partial charge in [-0.3, -0.25) is 9.59 Å². The van der Waals surface area contributed by atoms with Crippen molar-refractivity contribution in [3.63, 3.8) is 0 Å². The molecule has 0 radical (unpaired) electrons. The molecule has 0 saturated carbocycles. The number of amides is 2. The molecular formula is C19H28N2O3S. The quantitative estimate of drug-likeness (QED) is 0.779. The minimum Gasteiger partial charge on any atom is -0.383 e. The lowest BCUT2D eigenvalue weighted by molar-refractivity contribution is -0.143. The molecule has 25 heavy (non-hydrogen) atoms. The molecular weight excluding hydrogens is 336 g/mol. The van der Waals surface area contributed by atoms with Crippen molar-refractivity contribution in [2.75, 3.05) is 39.9 Å². The Morgan fingerprint density at radius 1 is 1.36 bits per heavy atom. The Labute approximate surface area is 153 Å². The third-order valence-corrected chi connectivity index (χ3v) is 6.27. The number of ether oxygens (including phenoxy) is 1. The number of carbonyl (C=O) groups is 2. The molecule has 1 unspecified atom stereocenters. The van der Waals surface area contributed by atoms with Gasteiger partial charge in [0.25, 0.3) is 0 Å². The van der Waals surface area contributed by atoms with Crippen molar-refractivity contribution in [3.05, 3.63) is 22.4 Å². The lowest BCUT2D eigenvalue weighted by Gasteiger charge is -2.48. The SMILES string of the molecule is COCCN1CC2(CCCN(C(=O)CCc3ccsc3)C2)CCC1=O. The molecule has 2 amide bonds. The van der Waals surface area contributed by atoms with Gasteiger partial charge in [-0.05, 0) is 48.1 Å². The third-order valence-electron chi connectivity index (χ3n) is 5.54. The van der Waals surface area contributed by atoms with Crippen LogP contribution < -0.4 is 0 Å². The van der Waals surface area contributed by atoms with Crippen LogP contribution in [0.5, 0.6) is 0 Å². The average Bonchev–Trinajstić information content (AvgIpc) is 3.14. The maximum Gasteiger partial charge on any atom is 0.222 e. The van der Waals surface area contributed by atoms with Crippen molar-refractivity contribution in [2.24, 2.45) is 5.41 Å². The second-order valence-electron chi connectivity index (χ2n) is 7.36. The van der Waals surface area contributed by atoms with Crippen LogP contribution in [0.4, 0.5) is 0 Å². The highest BCUT2D eigenvalue weighted by Crippen LogP contribution is 2.39. The number of aryl methyl sites for hydroxylation is 1. The first kappa shape index (κ1) is 18.4. The van der Waals surface area contributed by atoms with E-state index in [1.165, 1.54) is 5.56 Å². The Balaban J connectivity index is 1.57. The van der Waals surface area contributed by atoms with Gasteiger partial charge in [0.05, 0.1) is 6.61 Å². The third kappa shape index (κ3) is 4.61. The van der Waals surface area contributed by atoms with E-state index in [2.05, 4.69) is 16.8 Å². The van der Waals surface area contributed by atoms with Gasteiger partial charge in [-0.2, -0.15) is 11.3 Å². The number of rotatable bonds is 6. The van der Waals surface area contributed by atoms with E-state index < -0.39 is 0 Å². The van der Waals surface area contributed by atoms with Crippen LogP contribution in [0.25, 0.3) is 0 Å². The molecule has 0 N–H and O–H groups in total. The maximum absolute atomic E-state index is 12.7. The van der Waals surface area contributed by atoms with Crippen molar-refractivity contribution in [3.8, 4) is 0 Å². The number of hydrogen-bond donors (Lipinski definition) is 0. The Hall–Kier alpha value is -1.40. The summed E-state index contributed by atoms with van der Waals surface area (Å²) in [5.74, 6) is 0.481. The molecule has 3 rings (SSSR count). The summed E-state index contributed by atoms with van der Waals surface area (Å²) < 4.78 is 5.14. The highest BCUT2D eigenvalue weighted by molar-refractivity contribution is 7.07. The molecule has 2 fully saturated rings. The summed E-state index contributed by atoms with van der Waals surface area (Å²) in [6.45, 7) is 3.65. The van der Waals surface area contributed by atoms with Crippen LogP contribution >= 0.6 is 11.3 Å². The summed E-state index contributed by atoms with van der Waals surface area (Å²) in [4.78, 5) is 28.8. The number of carbonyl (C=O) groups excluding carboxylic acids is 2. The van der Waals surface area contributed by atoms with Gasteiger partial charge in [-0.25, -0.2) is 0 Å². The number of likely N-dealkylation sites (tertiary alicyclic amines) is 2. The van der Waals surface area contributed by atoms with E-state index in [0.29, 0.717) is 26.0 Å². The lowest BCUT2D eigenvalue weighted by atomic mass is 9.73. The van der Waals surface area contributed by atoms with Crippen LogP contribution in [0, 0.1) is 5.41 Å². The number of nitrogens with zero attached hydrogens (tertiary/aromatic N) is 2. The number of thiophene rings is 1. The van der Waals surface area contributed by atoms with Crippen LogP contribution in [0.2, 0.25) is 0 Å². The zero-order chi connectivity index (χ0) is 17.7. The standard InChI is InChI=1S/C19H28N2O3S/c1-24-11-10-21-15-19(8-5-18(21)23)7-2-9-20(14-19)17(22)4-3-16-6-12-25-13-16/h6,12-13H,2-5,7-11,14-15H2,1H3. The normalized spacial score (nSPS) is 24.1. The first-order chi connectivity index (χ1) is 12.1. The zero-order valence-electron chi connectivity index (χ0n) is 15.0. The van der Waals surface area contributed by atoms with E-state index in [1.807, 2.05) is 9.80 Å². The summed E-state index contributed by atoms with van der Waals surface area (Å²) >= 11 is 1.68. The van der Waals surface area contributed by atoms with Crippen LogP contribution in [0.15, 0.2) is 16.8 Å². The summed E-state index contributed by atoms with van der Waals surface area (Å²) in [5.41, 5.74) is 1.33. The summed E-state index contributed by atoms with van der Waals surface area (Å²) in [5, 5.41) is 4.18. The second-order valence-corrected chi connectivity index (χ2v) is 8.14. The molecule has 0 bridgehead atoms. The molecule has 2 aliphatic heterocycles. The van der Waals surface area contributed by atoms with Gasteiger partial charge in [0, 0.05) is 51.5 Å². The van der Waals surface area contributed by atoms with E-state index in [9.17, 15) is 9.59 Å². The minimum absolute atomic E-state index is 0.0813. The Kier molecular flexibility index (Phi) is 6.12. The van der Waals surface area contributed by atoms with Crippen molar-refractivity contribution in [1.29, 1.82) is 0 Å². The highest BCUT2D eigenvalue weighted by atomic mass is 32.1. The molecule has 1 spiro atoms. The highest BCUT2D eigenvalue weighted by Gasteiger charge is 2.42.